The van der Waals surface area contributed by atoms with Crippen molar-refractivity contribution in [2.24, 2.45) is 0 Å². The van der Waals surface area contributed by atoms with Crippen molar-refractivity contribution < 1.29 is 10.2 Å². The predicted octanol–water partition coefficient (Wildman–Crippen LogP) is 3.43. The number of β-amino-alcohol motifs (C(OH)–C–C–N with tert-alkyl or cyclic N) is 1. The molecule has 4 nitrogen and oxygen atoms in total. The van der Waals surface area contributed by atoms with Gasteiger partial charge in [0.15, 0.2) is 0 Å². The number of hydrogen-bond acceptors (Lipinski definition) is 4. The molecule has 0 saturated carbocycles. The predicted molar refractivity (Wildman–Crippen MR) is 96.0 cm³/mol. The summed E-state index contributed by atoms with van der Waals surface area (Å²) >= 11 is 0. The van der Waals surface area contributed by atoms with Gasteiger partial charge in [0, 0.05) is 25.5 Å². The fourth-order valence-electron chi connectivity index (χ4n) is 3.63. The molecule has 1 aliphatic rings. The number of aromatic nitrogens is 1. The lowest BCUT2D eigenvalue weighted by Crippen LogP contribution is -2.38. The Morgan fingerprint density at radius 2 is 1.72 bits per heavy atom. The maximum atomic E-state index is 10.6. The van der Waals surface area contributed by atoms with Crippen molar-refractivity contribution in [2.45, 2.75) is 18.7 Å². The molecule has 0 bridgehead atoms. The molecule has 25 heavy (non-hydrogen) atoms. The van der Waals surface area contributed by atoms with Gasteiger partial charge in [-0.1, -0.05) is 36.4 Å². The Hall–Kier alpha value is -2.69. The number of phenols is 1. The molecule has 4 heteroatoms. The summed E-state index contributed by atoms with van der Waals surface area (Å²) in [6.07, 6.45) is 2.96. The number of phenolic OH excluding ortho intramolecular Hbond substituents is 1. The summed E-state index contributed by atoms with van der Waals surface area (Å²) in [4.78, 5) is 6.40. The molecule has 1 aliphatic heterocycles. The summed E-state index contributed by atoms with van der Waals surface area (Å²) in [5, 5.41) is 20.5. The quantitative estimate of drug-likeness (QED) is 0.771. The van der Waals surface area contributed by atoms with Crippen molar-refractivity contribution in [2.75, 3.05) is 6.54 Å². The number of benzene rings is 2. The molecule has 2 heterocycles. The van der Waals surface area contributed by atoms with Crippen molar-refractivity contribution in [3.63, 3.8) is 0 Å². The van der Waals surface area contributed by atoms with Gasteiger partial charge in [0.2, 0.25) is 0 Å². The van der Waals surface area contributed by atoms with Crippen molar-refractivity contribution in [1.29, 1.82) is 0 Å². The van der Waals surface area contributed by atoms with Gasteiger partial charge in [-0.25, -0.2) is 0 Å². The van der Waals surface area contributed by atoms with E-state index in [1.165, 1.54) is 5.56 Å². The van der Waals surface area contributed by atoms with E-state index in [0.29, 0.717) is 6.54 Å². The number of aromatic hydroxyl groups is 1. The molecule has 126 valence electrons. The summed E-state index contributed by atoms with van der Waals surface area (Å²) in [6, 6.07) is 19.6. The molecule has 3 aromatic rings. The molecule has 0 aliphatic carbocycles. The highest BCUT2D eigenvalue weighted by Gasteiger charge is 2.33. The van der Waals surface area contributed by atoms with Gasteiger partial charge in [-0.15, -0.1) is 0 Å². The molecule has 2 aromatic carbocycles. The van der Waals surface area contributed by atoms with E-state index in [4.69, 9.17) is 0 Å². The first-order valence-electron chi connectivity index (χ1n) is 8.41. The van der Waals surface area contributed by atoms with Crippen LogP contribution in [-0.4, -0.2) is 26.6 Å². The Kier molecular flexibility index (Phi) is 4.22. The van der Waals surface area contributed by atoms with Crippen LogP contribution in [0.15, 0.2) is 73.1 Å². The Morgan fingerprint density at radius 1 is 0.960 bits per heavy atom. The minimum atomic E-state index is -0.621. The van der Waals surface area contributed by atoms with Crippen molar-refractivity contribution in [1.82, 2.24) is 9.88 Å². The highest BCUT2D eigenvalue weighted by Crippen LogP contribution is 2.40. The first kappa shape index (κ1) is 15.8. The van der Waals surface area contributed by atoms with E-state index in [9.17, 15) is 10.2 Å². The largest absolute Gasteiger partial charge is 0.508 e. The van der Waals surface area contributed by atoms with Crippen molar-refractivity contribution in [3.05, 3.63) is 95.3 Å². The molecular formula is C21H20N2O2. The SMILES string of the molecule is Oc1ccc2c(c1)[C@@H](O)CN(Cc1ccccc1)[C@H]2c1ccncc1. The fourth-order valence-corrected chi connectivity index (χ4v) is 3.63. The van der Waals surface area contributed by atoms with Gasteiger partial charge in [-0.05, 0) is 46.5 Å². The van der Waals surface area contributed by atoms with Crippen LogP contribution in [0.2, 0.25) is 0 Å². The Balaban J connectivity index is 1.79. The zero-order chi connectivity index (χ0) is 17.2. The highest BCUT2D eigenvalue weighted by molar-refractivity contribution is 5.44. The first-order valence-corrected chi connectivity index (χ1v) is 8.41. The Morgan fingerprint density at radius 3 is 2.48 bits per heavy atom. The summed E-state index contributed by atoms with van der Waals surface area (Å²) in [5.74, 6) is 0.183. The van der Waals surface area contributed by atoms with Crippen molar-refractivity contribution in [3.8, 4) is 5.75 Å². The minimum Gasteiger partial charge on any atom is -0.508 e. The number of aliphatic hydroxyl groups is 1. The van der Waals surface area contributed by atoms with E-state index >= 15 is 0 Å². The molecule has 2 atom stereocenters. The smallest absolute Gasteiger partial charge is 0.115 e. The third-order valence-electron chi connectivity index (χ3n) is 4.75. The van der Waals surface area contributed by atoms with Gasteiger partial charge in [-0.3, -0.25) is 9.88 Å². The zero-order valence-corrected chi connectivity index (χ0v) is 13.8. The summed E-state index contributed by atoms with van der Waals surface area (Å²) in [5.41, 5.74) is 4.16. The number of hydrogen-bond donors (Lipinski definition) is 2. The van der Waals surface area contributed by atoms with Crippen LogP contribution in [-0.2, 0) is 6.54 Å². The fraction of sp³-hybridized carbons (Fsp3) is 0.190. The Bertz CT molecular complexity index is 852. The van der Waals surface area contributed by atoms with Gasteiger partial charge in [0.05, 0.1) is 12.1 Å². The van der Waals surface area contributed by atoms with Gasteiger partial charge < -0.3 is 10.2 Å². The van der Waals surface area contributed by atoms with Crippen LogP contribution >= 0.6 is 0 Å². The molecule has 0 amide bonds. The third-order valence-corrected chi connectivity index (χ3v) is 4.75. The second kappa shape index (κ2) is 6.67. The molecule has 0 spiro atoms. The van der Waals surface area contributed by atoms with Gasteiger partial charge in [0.1, 0.15) is 5.75 Å². The van der Waals surface area contributed by atoms with Crippen LogP contribution in [0.3, 0.4) is 0 Å². The summed E-state index contributed by atoms with van der Waals surface area (Å²) < 4.78 is 0. The van der Waals surface area contributed by atoms with Crippen LogP contribution in [0.5, 0.6) is 5.75 Å². The van der Waals surface area contributed by atoms with E-state index in [0.717, 1.165) is 23.2 Å². The number of fused-ring (bicyclic) bond motifs is 1. The van der Waals surface area contributed by atoms with Gasteiger partial charge >= 0.3 is 0 Å². The first-order chi connectivity index (χ1) is 12.2. The summed E-state index contributed by atoms with van der Waals surface area (Å²) in [7, 11) is 0. The summed E-state index contributed by atoms with van der Waals surface area (Å²) in [6.45, 7) is 1.25. The topological polar surface area (TPSA) is 56.6 Å². The minimum absolute atomic E-state index is 0.0159. The lowest BCUT2D eigenvalue weighted by molar-refractivity contribution is 0.0726. The average molecular weight is 332 g/mol. The van der Waals surface area contributed by atoms with Crippen LogP contribution in [0.4, 0.5) is 0 Å². The van der Waals surface area contributed by atoms with Crippen LogP contribution in [0, 0.1) is 0 Å². The number of rotatable bonds is 3. The molecule has 0 saturated heterocycles. The van der Waals surface area contributed by atoms with E-state index in [-0.39, 0.29) is 11.8 Å². The van der Waals surface area contributed by atoms with E-state index in [1.807, 2.05) is 36.4 Å². The molecule has 0 radical (unpaired) electrons. The average Bonchev–Trinajstić information content (AvgIpc) is 2.64. The number of aliphatic hydroxyl groups excluding tert-OH is 1. The van der Waals surface area contributed by atoms with Gasteiger partial charge in [0.25, 0.3) is 0 Å². The van der Waals surface area contributed by atoms with Crippen LogP contribution in [0.1, 0.15) is 34.4 Å². The molecule has 2 N–H and O–H groups in total. The normalized spacial score (nSPS) is 20.2. The number of pyridine rings is 1. The Labute approximate surface area is 147 Å². The maximum absolute atomic E-state index is 10.6. The third kappa shape index (κ3) is 3.14. The molecule has 0 unspecified atom stereocenters. The molecule has 4 rings (SSSR count). The number of nitrogens with zero attached hydrogens (tertiary/aromatic N) is 2. The maximum Gasteiger partial charge on any atom is 0.115 e. The van der Waals surface area contributed by atoms with Gasteiger partial charge in [-0.2, -0.15) is 0 Å². The zero-order valence-electron chi connectivity index (χ0n) is 13.8. The van der Waals surface area contributed by atoms with Crippen LogP contribution in [0.25, 0.3) is 0 Å². The highest BCUT2D eigenvalue weighted by atomic mass is 16.3. The van der Waals surface area contributed by atoms with Crippen molar-refractivity contribution >= 4 is 0 Å². The van der Waals surface area contributed by atoms with Crippen LogP contribution < -0.4 is 0 Å². The molecule has 1 aromatic heterocycles. The standard InChI is InChI=1S/C21H20N2O2/c24-17-6-7-18-19(12-17)20(25)14-23(13-15-4-2-1-3-5-15)21(18)16-8-10-22-11-9-16/h1-12,20-21,24-25H,13-14H2/t20-,21-/m0/s1. The molecule has 0 fully saturated rings. The van der Waals surface area contributed by atoms with E-state index in [1.54, 1.807) is 24.5 Å². The second-order valence-corrected chi connectivity index (χ2v) is 6.43. The second-order valence-electron chi connectivity index (χ2n) is 6.43. The monoisotopic (exact) mass is 332 g/mol. The molecular weight excluding hydrogens is 312 g/mol. The lowest BCUT2D eigenvalue weighted by Gasteiger charge is -2.40. The lowest BCUT2D eigenvalue weighted by atomic mass is 9.86. The van der Waals surface area contributed by atoms with E-state index in [2.05, 4.69) is 22.0 Å². The van der Waals surface area contributed by atoms with E-state index < -0.39 is 6.10 Å².